The van der Waals surface area contributed by atoms with Gasteiger partial charge < -0.3 is 37.0 Å². The molecule has 4 unspecified atom stereocenters. The van der Waals surface area contributed by atoms with Gasteiger partial charge in [-0.05, 0) is 19.3 Å². The lowest BCUT2D eigenvalue weighted by Crippen LogP contribution is -2.57. The summed E-state index contributed by atoms with van der Waals surface area (Å²) in [5.41, 5.74) is 5.71. The number of carboxylic acid groups (broad SMARTS) is 2. The third-order valence-electron chi connectivity index (χ3n) is 3.85. The first-order valence-corrected chi connectivity index (χ1v) is 8.62. The summed E-state index contributed by atoms with van der Waals surface area (Å²) in [6, 6.07) is -4.92. The van der Waals surface area contributed by atoms with E-state index >= 15 is 0 Å². The molecular weight excluding hydrogens is 376 g/mol. The third-order valence-corrected chi connectivity index (χ3v) is 3.85. The molecule has 0 spiro atoms. The Balaban J connectivity index is 5.06. The summed E-state index contributed by atoms with van der Waals surface area (Å²) in [6.07, 6.45) is -0.651. The third kappa shape index (κ3) is 8.77. The van der Waals surface area contributed by atoms with Crippen molar-refractivity contribution in [3.05, 3.63) is 0 Å². The van der Waals surface area contributed by atoms with Gasteiger partial charge in [-0.1, -0.05) is 13.8 Å². The van der Waals surface area contributed by atoms with Crippen molar-refractivity contribution in [2.24, 2.45) is 11.7 Å². The van der Waals surface area contributed by atoms with E-state index in [9.17, 15) is 24.0 Å². The highest BCUT2D eigenvalue weighted by Gasteiger charge is 2.29. The fourth-order valence-electron chi connectivity index (χ4n) is 1.97. The molecule has 0 heterocycles. The van der Waals surface area contributed by atoms with Crippen molar-refractivity contribution in [2.45, 2.75) is 57.8 Å². The topological polar surface area (TPSA) is 208 Å². The maximum absolute atomic E-state index is 12.4. The zero-order valence-electron chi connectivity index (χ0n) is 16.0. The normalized spacial score (nSPS) is 15.1. The van der Waals surface area contributed by atoms with Crippen molar-refractivity contribution < 1.29 is 39.3 Å². The molecule has 0 saturated heterocycles. The van der Waals surface area contributed by atoms with E-state index in [-0.39, 0.29) is 12.3 Å². The minimum absolute atomic E-state index is 0.223. The molecule has 0 aromatic rings. The van der Waals surface area contributed by atoms with E-state index in [2.05, 4.69) is 10.6 Å². The molecule has 0 radical (unpaired) electrons. The second kappa shape index (κ2) is 11.9. The highest BCUT2D eigenvalue weighted by molar-refractivity contribution is 5.94. The summed E-state index contributed by atoms with van der Waals surface area (Å²) in [7, 11) is 0. The number of carboxylic acids is 2. The Bertz CT molecular complexity index is 595. The molecule has 0 aromatic heterocycles. The van der Waals surface area contributed by atoms with E-state index in [1.165, 1.54) is 6.92 Å². The van der Waals surface area contributed by atoms with Gasteiger partial charge in [0.05, 0.1) is 12.6 Å². The van der Waals surface area contributed by atoms with E-state index < -0.39 is 66.9 Å². The van der Waals surface area contributed by atoms with E-state index in [0.717, 1.165) is 0 Å². The van der Waals surface area contributed by atoms with Crippen LogP contribution in [0, 0.1) is 5.92 Å². The van der Waals surface area contributed by atoms with Crippen molar-refractivity contribution in [1.29, 1.82) is 0 Å². The van der Waals surface area contributed by atoms with Crippen molar-refractivity contribution >= 4 is 29.7 Å². The van der Waals surface area contributed by atoms with E-state index in [0.29, 0.717) is 0 Å². The number of aliphatic hydroxyl groups is 1. The highest BCUT2D eigenvalue weighted by Crippen LogP contribution is 2.03. The second-order valence-corrected chi connectivity index (χ2v) is 6.58. The summed E-state index contributed by atoms with van der Waals surface area (Å²) >= 11 is 0. The monoisotopic (exact) mass is 404 g/mol. The minimum Gasteiger partial charge on any atom is -0.481 e. The molecule has 0 aromatic carbocycles. The van der Waals surface area contributed by atoms with Crippen molar-refractivity contribution in [3.63, 3.8) is 0 Å². The quantitative estimate of drug-likeness (QED) is 0.181. The van der Waals surface area contributed by atoms with Crippen LogP contribution in [0.3, 0.4) is 0 Å². The summed E-state index contributed by atoms with van der Waals surface area (Å²) in [4.78, 5) is 58.1. The van der Waals surface area contributed by atoms with Crippen LogP contribution in [-0.4, -0.2) is 75.8 Å². The molecule has 12 heteroatoms. The number of amides is 3. The number of hydrogen-bond donors (Lipinski definition) is 7. The average Bonchev–Trinajstić information content (AvgIpc) is 2.60. The smallest absolute Gasteiger partial charge is 0.328 e. The summed E-state index contributed by atoms with van der Waals surface area (Å²) in [5, 5.41) is 33.2. The van der Waals surface area contributed by atoms with Crippen molar-refractivity contribution in [3.8, 4) is 0 Å². The van der Waals surface area contributed by atoms with Crippen LogP contribution >= 0.6 is 0 Å². The molecule has 0 aliphatic heterocycles. The molecule has 0 bridgehead atoms. The number of carbonyl (C=O) groups is 5. The lowest BCUT2D eigenvalue weighted by atomic mass is 10.0. The van der Waals surface area contributed by atoms with E-state index in [1.54, 1.807) is 13.8 Å². The van der Waals surface area contributed by atoms with Crippen molar-refractivity contribution in [1.82, 2.24) is 16.0 Å². The maximum Gasteiger partial charge on any atom is 0.328 e. The number of nitrogens with one attached hydrogen (secondary N) is 3. The Hall–Kier alpha value is -2.73. The molecule has 3 amide bonds. The Kier molecular flexibility index (Phi) is 10.7. The first-order valence-electron chi connectivity index (χ1n) is 8.62. The van der Waals surface area contributed by atoms with Gasteiger partial charge in [0, 0.05) is 6.42 Å². The second-order valence-electron chi connectivity index (χ2n) is 6.58. The molecule has 0 fully saturated rings. The Morgan fingerprint density at radius 3 is 1.82 bits per heavy atom. The molecule has 0 saturated carbocycles. The highest BCUT2D eigenvalue weighted by atomic mass is 16.4. The minimum atomic E-state index is -1.54. The number of aliphatic carboxylic acids is 2. The number of rotatable bonds is 12. The molecule has 4 atom stereocenters. The van der Waals surface area contributed by atoms with Gasteiger partial charge in [-0.25, -0.2) is 4.79 Å². The van der Waals surface area contributed by atoms with Crippen LogP contribution in [0.2, 0.25) is 0 Å². The van der Waals surface area contributed by atoms with Gasteiger partial charge >= 0.3 is 11.9 Å². The zero-order chi connectivity index (χ0) is 22.0. The van der Waals surface area contributed by atoms with Crippen LogP contribution in [-0.2, 0) is 24.0 Å². The largest absolute Gasteiger partial charge is 0.481 e. The van der Waals surface area contributed by atoms with Crippen LogP contribution in [0.5, 0.6) is 0 Å². The van der Waals surface area contributed by atoms with Crippen molar-refractivity contribution in [2.75, 3.05) is 6.61 Å². The molecule has 0 rings (SSSR count). The van der Waals surface area contributed by atoms with Gasteiger partial charge in [0.25, 0.3) is 0 Å². The van der Waals surface area contributed by atoms with Gasteiger partial charge in [-0.3, -0.25) is 19.2 Å². The van der Waals surface area contributed by atoms with E-state index in [4.69, 9.17) is 21.1 Å². The number of aliphatic hydroxyl groups excluding tert-OH is 1. The fourth-order valence-corrected chi connectivity index (χ4v) is 1.97. The molecule has 160 valence electrons. The molecule has 12 nitrogen and oxygen atoms in total. The SMILES string of the molecule is CC(NC(=O)C(CCC(=O)O)NC(=O)C(N)C(C)C)C(=O)NC(CO)C(=O)O. The lowest BCUT2D eigenvalue weighted by Gasteiger charge is -2.23. The van der Waals surface area contributed by atoms with E-state index in [1.807, 2.05) is 5.32 Å². The summed E-state index contributed by atoms with van der Waals surface area (Å²) in [5.74, 6) is -5.22. The van der Waals surface area contributed by atoms with Gasteiger partial charge in [0.1, 0.15) is 18.1 Å². The molecule has 0 aliphatic rings. The Morgan fingerprint density at radius 2 is 1.39 bits per heavy atom. The van der Waals surface area contributed by atoms with Crippen LogP contribution in [0.1, 0.15) is 33.6 Å². The number of hydrogen-bond acceptors (Lipinski definition) is 7. The molecule has 28 heavy (non-hydrogen) atoms. The van der Waals surface area contributed by atoms with Gasteiger partial charge in [-0.15, -0.1) is 0 Å². The average molecular weight is 404 g/mol. The molecule has 0 aliphatic carbocycles. The number of nitrogens with two attached hydrogens (primary N) is 1. The van der Waals surface area contributed by atoms with Crippen LogP contribution in [0.25, 0.3) is 0 Å². The first kappa shape index (κ1) is 25.3. The Labute approximate surface area is 161 Å². The first-order chi connectivity index (χ1) is 12.9. The van der Waals surface area contributed by atoms with Crippen LogP contribution < -0.4 is 21.7 Å². The molecular formula is C16H28N4O8. The lowest BCUT2D eigenvalue weighted by molar-refractivity contribution is -0.143. The zero-order valence-corrected chi connectivity index (χ0v) is 16.0. The molecule has 8 N–H and O–H groups in total. The fraction of sp³-hybridized carbons (Fsp3) is 0.688. The van der Waals surface area contributed by atoms with Gasteiger partial charge in [0.15, 0.2) is 0 Å². The Morgan fingerprint density at radius 1 is 0.857 bits per heavy atom. The van der Waals surface area contributed by atoms with Crippen LogP contribution in [0.15, 0.2) is 0 Å². The summed E-state index contributed by atoms with van der Waals surface area (Å²) < 4.78 is 0. The predicted molar refractivity (Wildman–Crippen MR) is 95.9 cm³/mol. The standard InChI is InChI=1S/C16H28N4O8/c1-7(2)12(17)15(26)19-9(4-5-11(22)23)14(25)18-8(3)13(24)20-10(6-21)16(27)28/h7-10,12,21H,4-6,17H2,1-3H3,(H,18,25)(H,19,26)(H,20,24)(H,22,23)(H,27,28). The van der Waals surface area contributed by atoms with Crippen LogP contribution in [0.4, 0.5) is 0 Å². The van der Waals surface area contributed by atoms with Gasteiger partial charge in [-0.2, -0.15) is 0 Å². The predicted octanol–water partition coefficient (Wildman–Crippen LogP) is -2.61. The maximum atomic E-state index is 12.4. The number of carbonyl (C=O) groups excluding carboxylic acids is 3. The van der Waals surface area contributed by atoms with Gasteiger partial charge in [0.2, 0.25) is 17.7 Å². The summed E-state index contributed by atoms with van der Waals surface area (Å²) in [6.45, 7) is 3.82.